The molecule has 0 spiro atoms. The molecule has 0 aliphatic carbocycles. The van der Waals surface area contributed by atoms with Crippen LogP contribution in [0.25, 0.3) is 0 Å². The Labute approximate surface area is 187 Å². The Morgan fingerprint density at radius 2 is 1.97 bits per heavy atom. The van der Waals surface area contributed by atoms with Gasteiger partial charge in [0, 0.05) is 16.5 Å². The Hall–Kier alpha value is -2.18. The van der Waals surface area contributed by atoms with Crippen molar-refractivity contribution in [2.45, 2.75) is 51.1 Å². The molecule has 7 heteroatoms. The lowest BCUT2D eigenvalue weighted by Gasteiger charge is -2.29. The molecule has 2 amide bonds. The molecule has 1 heterocycles. The summed E-state index contributed by atoms with van der Waals surface area (Å²) in [5, 5.41) is 3.37. The molecule has 1 aliphatic heterocycles. The third kappa shape index (κ3) is 5.70. The van der Waals surface area contributed by atoms with E-state index >= 15 is 0 Å². The molecule has 2 atom stereocenters. The summed E-state index contributed by atoms with van der Waals surface area (Å²) in [4.78, 5) is 27.5. The van der Waals surface area contributed by atoms with Crippen molar-refractivity contribution in [1.82, 2.24) is 4.90 Å². The largest absolute Gasteiger partial charge is 0.461 e. The second-order valence-corrected chi connectivity index (χ2v) is 9.23. The number of benzene rings is 2. The van der Waals surface area contributed by atoms with E-state index in [1.54, 1.807) is 22.7 Å². The monoisotopic (exact) mass is 446 g/mol. The summed E-state index contributed by atoms with van der Waals surface area (Å²) in [7, 11) is 0. The first kappa shape index (κ1) is 22.5. The highest BCUT2D eigenvalue weighted by Gasteiger charge is 2.42. The zero-order valence-corrected chi connectivity index (χ0v) is 19.0. The minimum Gasteiger partial charge on any atom is -0.461 e. The third-order valence-electron chi connectivity index (χ3n) is 4.90. The molecule has 2 aromatic carbocycles. The van der Waals surface area contributed by atoms with E-state index < -0.39 is 6.04 Å². The number of halogens is 1. The Morgan fingerprint density at radius 3 is 2.63 bits per heavy atom. The molecule has 0 bridgehead atoms. The summed E-state index contributed by atoms with van der Waals surface area (Å²) < 4.78 is 5.42. The number of nitrogens with one attached hydrogen (secondary N) is 1. The van der Waals surface area contributed by atoms with Gasteiger partial charge in [0.05, 0.1) is 11.5 Å². The van der Waals surface area contributed by atoms with Gasteiger partial charge in [0.15, 0.2) is 0 Å². The van der Waals surface area contributed by atoms with Crippen LogP contribution in [0.1, 0.15) is 31.4 Å². The SMILES string of the molecule is Cc1ccc(NC(=O)N2C(CCc3ccccc3)SCC2C(=O)OC(C)C)cc1Cl. The van der Waals surface area contributed by atoms with Crippen LogP contribution in [0.5, 0.6) is 0 Å². The van der Waals surface area contributed by atoms with Gasteiger partial charge in [0.25, 0.3) is 0 Å². The summed E-state index contributed by atoms with van der Waals surface area (Å²) in [6, 6.07) is 14.6. The van der Waals surface area contributed by atoms with E-state index in [0.29, 0.717) is 16.5 Å². The predicted octanol–water partition coefficient (Wildman–Crippen LogP) is 5.51. The van der Waals surface area contributed by atoms with Crippen molar-refractivity contribution in [2.24, 2.45) is 0 Å². The van der Waals surface area contributed by atoms with Crippen LogP contribution in [0.15, 0.2) is 48.5 Å². The molecule has 5 nitrogen and oxygen atoms in total. The van der Waals surface area contributed by atoms with Gasteiger partial charge in [-0.1, -0.05) is 48.0 Å². The van der Waals surface area contributed by atoms with Crippen LogP contribution in [0.2, 0.25) is 5.02 Å². The highest BCUT2D eigenvalue weighted by atomic mass is 35.5. The number of anilines is 1. The quantitative estimate of drug-likeness (QED) is 0.594. The molecule has 0 saturated carbocycles. The minimum atomic E-state index is -0.612. The van der Waals surface area contributed by atoms with Crippen LogP contribution in [-0.2, 0) is 16.0 Å². The summed E-state index contributed by atoms with van der Waals surface area (Å²) >= 11 is 7.81. The highest BCUT2D eigenvalue weighted by molar-refractivity contribution is 8.00. The fourth-order valence-electron chi connectivity index (χ4n) is 3.34. The lowest BCUT2D eigenvalue weighted by atomic mass is 10.1. The number of hydrogen-bond acceptors (Lipinski definition) is 4. The number of carbonyl (C=O) groups is 2. The molecular formula is C23H27ClN2O3S. The molecular weight excluding hydrogens is 420 g/mol. The zero-order valence-electron chi connectivity index (χ0n) is 17.4. The maximum absolute atomic E-state index is 13.2. The van der Waals surface area contributed by atoms with Crippen molar-refractivity contribution < 1.29 is 14.3 Å². The predicted molar refractivity (Wildman–Crippen MR) is 123 cm³/mol. The average Bonchev–Trinajstić information content (AvgIpc) is 3.14. The summed E-state index contributed by atoms with van der Waals surface area (Å²) in [6.45, 7) is 5.53. The first-order valence-corrected chi connectivity index (χ1v) is 11.5. The van der Waals surface area contributed by atoms with E-state index in [0.717, 1.165) is 18.4 Å². The van der Waals surface area contributed by atoms with Crippen LogP contribution in [0, 0.1) is 6.92 Å². The second-order valence-electron chi connectivity index (χ2n) is 7.62. The molecule has 0 radical (unpaired) electrons. The lowest BCUT2D eigenvalue weighted by molar-refractivity contribution is -0.151. The Balaban J connectivity index is 1.76. The van der Waals surface area contributed by atoms with Gasteiger partial charge in [0.1, 0.15) is 6.04 Å². The molecule has 3 rings (SSSR count). The van der Waals surface area contributed by atoms with Crippen LogP contribution < -0.4 is 5.32 Å². The van der Waals surface area contributed by atoms with Crippen molar-refractivity contribution in [2.75, 3.05) is 11.1 Å². The third-order valence-corrected chi connectivity index (χ3v) is 6.66. The molecule has 2 unspecified atom stereocenters. The number of carbonyl (C=O) groups excluding carboxylic acids is 2. The number of esters is 1. The van der Waals surface area contributed by atoms with Gasteiger partial charge in [-0.3, -0.25) is 4.90 Å². The van der Waals surface area contributed by atoms with Crippen molar-refractivity contribution in [3.63, 3.8) is 0 Å². The van der Waals surface area contributed by atoms with Crippen molar-refractivity contribution in [3.8, 4) is 0 Å². The van der Waals surface area contributed by atoms with E-state index in [-0.39, 0.29) is 23.5 Å². The molecule has 0 aromatic heterocycles. The average molecular weight is 447 g/mol. The number of rotatable bonds is 6. The highest BCUT2D eigenvalue weighted by Crippen LogP contribution is 2.34. The summed E-state index contributed by atoms with van der Waals surface area (Å²) in [5.74, 6) is 0.157. The van der Waals surface area contributed by atoms with E-state index in [1.807, 2.05) is 51.1 Å². The standard InChI is InChI=1S/C23H27ClN2O3S/c1-15(2)29-22(27)20-14-30-21(12-10-17-7-5-4-6-8-17)26(20)23(28)25-18-11-9-16(3)19(24)13-18/h4-9,11,13,15,20-21H,10,12,14H2,1-3H3,(H,25,28). The molecule has 160 valence electrons. The Kier molecular flexibility index (Phi) is 7.67. The van der Waals surface area contributed by atoms with E-state index in [9.17, 15) is 9.59 Å². The van der Waals surface area contributed by atoms with Crippen LogP contribution in [0.3, 0.4) is 0 Å². The second kappa shape index (κ2) is 10.2. The fraction of sp³-hybridized carbons (Fsp3) is 0.391. The number of nitrogens with zero attached hydrogens (tertiary/aromatic N) is 1. The van der Waals surface area contributed by atoms with Gasteiger partial charge in [-0.25, -0.2) is 9.59 Å². The first-order chi connectivity index (χ1) is 14.3. The number of urea groups is 1. The minimum absolute atomic E-state index is 0.115. The number of thioether (sulfide) groups is 1. The number of hydrogen-bond donors (Lipinski definition) is 1. The van der Waals surface area contributed by atoms with Gasteiger partial charge in [0.2, 0.25) is 0 Å². The van der Waals surface area contributed by atoms with E-state index in [2.05, 4.69) is 17.4 Å². The molecule has 1 N–H and O–H groups in total. The summed E-state index contributed by atoms with van der Waals surface area (Å²) in [5.41, 5.74) is 2.74. The van der Waals surface area contributed by atoms with Gasteiger partial charge >= 0.3 is 12.0 Å². The van der Waals surface area contributed by atoms with Gasteiger partial charge in [-0.2, -0.15) is 0 Å². The molecule has 30 heavy (non-hydrogen) atoms. The Bertz CT molecular complexity index is 891. The fourth-order valence-corrected chi connectivity index (χ4v) is 4.91. The van der Waals surface area contributed by atoms with Crippen LogP contribution in [-0.4, -0.2) is 40.2 Å². The first-order valence-electron chi connectivity index (χ1n) is 10.1. The normalized spacial score (nSPS) is 18.5. The van der Waals surface area contributed by atoms with Gasteiger partial charge in [-0.05, 0) is 56.9 Å². The number of amides is 2. The zero-order chi connectivity index (χ0) is 21.7. The number of aryl methyl sites for hydroxylation is 2. The van der Waals surface area contributed by atoms with Crippen molar-refractivity contribution in [3.05, 3.63) is 64.7 Å². The van der Waals surface area contributed by atoms with Crippen LogP contribution >= 0.6 is 23.4 Å². The lowest BCUT2D eigenvalue weighted by Crippen LogP contribution is -2.48. The molecule has 1 saturated heterocycles. The van der Waals surface area contributed by atoms with E-state index in [4.69, 9.17) is 16.3 Å². The van der Waals surface area contributed by atoms with Crippen LogP contribution in [0.4, 0.5) is 10.5 Å². The summed E-state index contributed by atoms with van der Waals surface area (Å²) in [6.07, 6.45) is 1.35. The molecule has 2 aromatic rings. The van der Waals surface area contributed by atoms with Crippen molar-refractivity contribution >= 4 is 41.1 Å². The van der Waals surface area contributed by atoms with E-state index in [1.165, 1.54) is 5.56 Å². The maximum atomic E-state index is 13.2. The van der Waals surface area contributed by atoms with Gasteiger partial charge in [-0.15, -0.1) is 11.8 Å². The molecule has 1 aliphatic rings. The van der Waals surface area contributed by atoms with Gasteiger partial charge < -0.3 is 10.1 Å². The Morgan fingerprint density at radius 1 is 1.23 bits per heavy atom. The smallest absolute Gasteiger partial charge is 0.330 e. The van der Waals surface area contributed by atoms with Crippen molar-refractivity contribution in [1.29, 1.82) is 0 Å². The maximum Gasteiger partial charge on any atom is 0.330 e. The number of ether oxygens (including phenoxy) is 1. The molecule has 1 fully saturated rings. The topological polar surface area (TPSA) is 58.6 Å².